The van der Waals surface area contributed by atoms with E-state index in [1.807, 2.05) is 20.8 Å². The van der Waals surface area contributed by atoms with Crippen LogP contribution < -0.4 is 10.1 Å². The molecule has 2 unspecified atom stereocenters. The van der Waals surface area contributed by atoms with Gasteiger partial charge in [-0.15, -0.1) is 0 Å². The van der Waals surface area contributed by atoms with Crippen LogP contribution in [0.2, 0.25) is 0 Å². The second-order valence-corrected chi connectivity index (χ2v) is 10.3. The standard InChI is InChI=1S/C15H23NO5S2/c1-4-21-12-5-7-13(8-6-12)23(19,20)15-10-22(17,18)9-14(15)16-11(2)3/h5-8,11,14-16H,4,9-10H2,1-3H3. The molecule has 0 spiro atoms. The number of hydrogen-bond acceptors (Lipinski definition) is 6. The fourth-order valence-electron chi connectivity index (χ4n) is 2.77. The van der Waals surface area contributed by atoms with Gasteiger partial charge in [0.25, 0.3) is 0 Å². The van der Waals surface area contributed by atoms with Crippen LogP contribution in [0, 0.1) is 0 Å². The van der Waals surface area contributed by atoms with Gasteiger partial charge in [-0.05, 0) is 31.2 Å². The van der Waals surface area contributed by atoms with Crippen molar-refractivity contribution in [2.24, 2.45) is 0 Å². The van der Waals surface area contributed by atoms with Crippen molar-refractivity contribution in [3.63, 3.8) is 0 Å². The van der Waals surface area contributed by atoms with E-state index in [0.29, 0.717) is 12.4 Å². The van der Waals surface area contributed by atoms with E-state index in [4.69, 9.17) is 4.74 Å². The van der Waals surface area contributed by atoms with Crippen molar-refractivity contribution >= 4 is 19.7 Å². The second-order valence-electron chi connectivity index (χ2n) is 5.99. The van der Waals surface area contributed by atoms with Gasteiger partial charge in [0, 0.05) is 12.1 Å². The molecule has 1 fully saturated rings. The number of nitrogens with one attached hydrogen (secondary N) is 1. The summed E-state index contributed by atoms with van der Waals surface area (Å²) >= 11 is 0. The number of benzene rings is 1. The van der Waals surface area contributed by atoms with E-state index in [2.05, 4.69) is 5.32 Å². The van der Waals surface area contributed by atoms with Crippen molar-refractivity contribution in [3.05, 3.63) is 24.3 Å². The molecular weight excluding hydrogens is 338 g/mol. The van der Waals surface area contributed by atoms with Gasteiger partial charge < -0.3 is 10.1 Å². The normalized spacial score (nSPS) is 24.0. The van der Waals surface area contributed by atoms with E-state index >= 15 is 0 Å². The Bertz CT molecular complexity index is 739. The van der Waals surface area contributed by atoms with E-state index in [1.54, 1.807) is 12.1 Å². The molecule has 1 N–H and O–H groups in total. The molecule has 1 saturated heterocycles. The minimum Gasteiger partial charge on any atom is -0.494 e. The van der Waals surface area contributed by atoms with E-state index in [1.165, 1.54) is 12.1 Å². The number of ether oxygens (including phenoxy) is 1. The zero-order valence-corrected chi connectivity index (χ0v) is 15.2. The summed E-state index contributed by atoms with van der Waals surface area (Å²) in [7, 11) is -7.10. The Morgan fingerprint density at radius 2 is 1.83 bits per heavy atom. The molecule has 1 aliphatic heterocycles. The zero-order chi connectivity index (χ0) is 17.3. The number of rotatable bonds is 6. The fourth-order valence-corrected chi connectivity index (χ4v) is 7.45. The molecule has 0 bridgehead atoms. The van der Waals surface area contributed by atoms with Crippen LogP contribution in [-0.2, 0) is 19.7 Å². The van der Waals surface area contributed by atoms with Crippen molar-refractivity contribution in [1.82, 2.24) is 5.32 Å². The maximum absolute atomic E-state index is 12.8. The molecule has 130 valence electrons. The van der Waals surface area contributed by atoms with Gasteiger partial charge in [0.2, 0.25) is 0 Å². The molecule has 0 radical (unpaired) electrons. The average Bonchev–Trinajstić information content (AvgIpc) is 2.74. The number of hydrogen-bond donors (Lipinski definition) is 1. The van der Waals surface area contributed by atoms with Gasteiger partial charge in [0.15, 0.2) is 19.7 Å². The van der Waals surface area contributed by atoms with Gasteiger partial charge in [-0.2, -0.15) is 0 Å². The van der Waals surface area contributed by atoms with Crippen molar-refractivity contribution in [3.8, 4) is 5.75 Å². The first-order chi connectivity index (χ1) is 10.7. The van der Waals surface area contributed by atoms with Gasteiger partial charge in [-0.3, -0.25) is 0 Å². The van der Waals surface area contributed by atoms with E-state index in [-0.39, 0.29) is 22.4 Å². The molecule has 1 aliphatic rings. The molecule has 6 nitrogen and oxygen atoms in total. The van der Waals surface area contributed by atoms with Gasteiger partial charge in [0.1, 0.15) is 5.75 Å². The van der Waals surface area contributed by atoms with Crippen LogP contribution in [0.3, 0.4) is 0 Å². The molecule has 0 aromatic heterocycles. The Balaban J connectivity index is 2.32. The van der Waals surface area contributed by atoms with Crippen molar-refractivity contribution in [2.45, 2.75) is 43.0 Å². The van der Waals surface area contributed by atoms with Crippen LogP contribution in [0.4, 0.5) is 0 Å². The third-order valence-corrected chi connectivity index (χ3v) is 7.88. The van der Waals surface area contributed by atoms with E-state index in [9.17, 15) is 16.8 Å². The number of sulfone groups is 2. The highest BCUT2D eigenvalue weighted by Crippen LogP contribution is 2.27. The van der Waals surface area contributed by atoms with Crippen molar-refractivity contribution in [1.29, 1.82) is 0 Å². The highest BCUT2D eigenvalue weighted by atomic mass is 32.2. The van der Waals surface area contributed by atoms with E-state index in [0.717, 1.165) is 0 Å². The molecule has 0 saturated carbocycles. The Hall–Kier alpha value is -1.12. The van der Waals surface area contributed by atoms with Crippen LogP contribution in [0.1, 0.15) is 20.8 Å². The van der Waals surface area contributed by atoms with E-state index < -0.39 is 31.0 Å². The quantitative estimate of drug-likeness (QED) is 0.814. The first kappa shape index (κ1) is 18.2. The fraction of sp³-hybridized carbons (Fsp3) is 0.600. The monoisotopic (exact) mass is 361 g/mol. The van der Waals surface area contributed by atoms with Crippen LogP contribution >= 0.6 is 0 Å². The highest BCUT2D eigenvalue weighted by Gasteiger charge is 2.45. The molecule has 1 aromatic carbocycles. The summed E-state index contributed by atoms with van der Waals surface area (Å²) in [6.07, 6.45) is 0. The summed E-state index contributed by atoms with van der Waals surface area (Å²) in [5.41, 5.74) is 0. The van der Waals surface area contributed by atoms with Crippen LogP contribution in [0.25, 0.3) is 0 Å². The van der Waals surface area contributed by atoms with Crippen LogP contribution in [-0.4, -0.2) is 52.3 Å². The Morgan fingerprint density at radius 1 is 1.22 bits per heavy atom. The lowest BCUT2D eigenvalue weighted by Crippen LogP contribution is -2.46. The lowest BCUT2D eigenvalue weighted by Gasteiger charge is -2.22. The first-order valence-corrected chi connectivity index (χ1v) is 11.0. The predicted octanol–water partition coefficient (Wildman–Crippen LogP) is 1.02. The zero-order valence-electron chi connectivity index (χ0n) is 13.5. The summed E-state index contributed by atoms with van der Waals surface area (Å²) in [4.78, 5) is 0.124. The molecule has 23 heavy (non-hydrogen) atoms. The summed E-state index contributed by atoms with van der Waals surface area (Å²) in [5.74, 6) is 0.0984. The van der Waals surface area contributed by atoms with Gasteiger partial charge in [-0.1, -0.05) is 13.8 Å². The minimum atomic E-state index is -3.73. The Morgan fingerprint density at radius 3 is 2.35 bits per heavy atom. The van der Waals surface area contributed by atoms with Crippen LogP contribution in [0.15, 0.2) is 29.2 Å². The second kappa shape index (κ2) is 6.78. The van der Waals surface area contributed by atoms with Gasteiger partial charge >= 0.3 is 0 Å². The molecular formula is C15H23NO5S2. The largest absolute Gasteiger partial charge is 0.494 e. The Labute approximate surface area is 138 Å². The van der Waals surface area contributed by atoms with Gasteiger partial charge in [0.05, 0.1) is 28.3 Å². The average molecular weight is 361 g/mol. The molecule has 8 heteroatoms. The summed E-state index contributed by atoms with van der Waals surface area (Å²) in [6, 6.07) is 5.54. The lowest BCUT2D eigenvalue weighted by molar-refractivity contribution is 0.340. The molecule has 1 aromatic rings. The maximum Gasteiger partial charge on any atom is 0.183 e. The molecule has 2 atom stereocenters. The van der Waals surface area contributed by atoms with Crippen LogP contribution in [0.5, 0.6) is 5.75 Å². The summed E-state index contributed by atoms with van der Waals surface area (Å²) in [5, 5.41) is 2.11. The molecule has 0 amide bonds. The lowest BCUT2D eigenvalue weighted by atomic mass is 10.2. The minimum absolute atomic E-state index is 0.00586. The maximum atomic E-state index is 12.8. The van der Waals surface area contributed by atoms with Crippen molar-refractivity contribution in [2.75, 3.05) is 18.1 Å². The summed E-state index contributed by atoms with van der Waals surface area (Å²) < 4.78 is 54.8. The first-order valence-electron chi connectivity index (χ1n) is 7.59. The smallest absolute Gasteiger partial charge is 0.183 e. The highest BCUT2D eigenvalue weighted by molar-refractivity contribution is 7.96. The third kappa shape index (κ3) is 4.24. The van der Waals surface area contributed by atoms with Crippen molar-refractivity contribution < 1.29 is 21.6 Å². The molecule has 1 heterocycles. The third-order valence-electron chi connectivity index (χ3n) is 3.71. The topological polar surface area (TPSA) is 89.5 Å². The molecule has 2 rings (SSSR count). The predicted molar refractivity (Wildman–Crippen MR) is 89.3 cm³/mol. The summed E-state index contributed by atoms with van der Waals surface area (Å²) in [6.45, 7) is 6.07. The van der Waals surface area contributed by atoms with Gasteiger partial charge in [-0.25, -0.2) is 16.8 Å². The Kier molecular flexibility index (Phi) is 5.37. The molecule has 0 aliphatic carbocycles. The SMILES string of the molecule is CCOc1ccc(S(=O)(=O)C2CS(=O)(=O)CC2NC(C)C)cc1.